The number of nitrogens with zero attached hydrogens (tertiary/aromatic N) is 2. The standard InChI is InChI=1S/C30H33Cl4N3O4S/c1-3-15-35-30(39)28(17-21-8-5-4-6-9-21)36(20-22-11-12-23(31)18-26(22)34)29(38)10-7-16-37(42(2,40)41)27-19-24(32)13-14-25(27)33/h4-6,8-9,11-14,18-19,28H,3,7,10,15-17,20H2,1-2H3,(H,35,39). The first-order valence-corrected chi connectivity index (χ1v) is 16.7. The van der Waals surface area contributed by atoms with E-state index in [0.29, 0.717) is 27.2 Å². The van der Waals surface area contributed by atoms with Crippen molar-refractivity contribution in [3.63, 3.8) is 0 Å². The number of hydrogen-bond donors (Lipinski definition) is 1. The third kappa shape index (κ3) is 9.78. The maximum Gasteiger partial charge on any atom is 0.243 e. The fourth-order valence-corrected chi connectivity index (χ4v) is 6.29. The zero-order chi connectivity index (χ0) is 30.9. The monoisotopic (exact) mass is 671 g/mol. The highest BCUT2D eigenvalue weighted by Gasteiger charge is 2.31. The molecule has 226 valence electrons. The van der Waals surface area contributed by atoms with Crippen molar-refractivity contribution < 1.29 is 18.0 Å². The average Bonchev–Trinajstić information content (AvgIpc) is 2.94. The quantitative estimate of drug-likeness (QED) is 0.200. The highest BCUT2D eigenvalue weighted by Crippen LogP contribution is 2.31. The van der Waals surface area contributed by atoms with Crippen LogP contribution in [0.25, 0.3) is 0 Å². The Morgan fingerprint density at radius 3 is 2.21 bits per heavy atom. The summed E-state index contributed by atoms with van der Waals surface area (Å²) in [5, 5.41) is 4.28. The molecule has 42 heavy (non-hydrogen) atoms. The molecule has 3 aromatic carbocycles. The fraction of sp³-hybridized carbons (Fsp3) is 0.333. The van der Waals surface area contributed by atoms with Gasteiger partial charge in [-0.3, -0.25) is 13.9 Å². The number of sulfonamides is 1. The summed E-state index contributed by atoms with van der Waals surface area (Å²) in [7, 11) is -3.74. The average molecular weight is 673 g/mol. The van der Waals surface area contributed by atoms with Crippen LogP contribution in [0.2, 0.25) is 20.1 Å². The largest absolute Gasteiger partial charge is 0.354 e. The summed E-state index contributed by atoms with van der Waals surface area (Å²) in [5.74, 6) is -0.623. The Balaban J connectivity index is 1.92. The number of halogens is 4. The van der Waals surface area contributed by atoms with Gasteiger partial charge < -0.3 is 10.2 Å². The summed E-state index contributed by atoms with van der Waals surface area (Å²) in [6.45, 7) is 2.44. The Bertz CT molecular complexity index is 1490. The molecule has 3 rings (SSSR count). The Labute approximate surface area is 267 Å². The van der Waals surface area contributed by atoms with Crippen LogP contribution < -0.4 is 9.62 Å². The molecule has 0 heterocycles. The molecule has 0 aliphatic carbocycles. The van der Waals surface area contributed by atoms with E-state index in [1.165, 1.54) is 17.0 Å². The number of carbonyl (C=O) groups is 2. The minimum absolute atomic E-state index is 0.0223. The molecule has 0 radical (unpaired) electrons. The topological polar surface area (TPSA) is 86.8 Å². The third-order valence-electron chi connectivity index (χ3n) is 6.51. The molecular formula is C30H33Cl4N3O4S. The Kier molecular flexibility index (Phi) is 12.8. The van der Waals surface area contributed by atoms with Crippen LogP contribution in [0.15, 0.2) is 66.7 Å². The second-order valence-electron chi connectivity index (χ2n) is 9.79. The lowest BCUT2D eigenvalue weighted by Crippen LogP contribution is -2.50. The van der Waals surface area contributed by atoms with Gasteiger partial charge in [0, 0.05) is 47.5 Å². The molecule has 0 aliphatic heterocycles. The third-order valence-corrected chi connectivity index (χ3v) is 8.83. The minimum Gasteiger partial charge on any atom is -0.354 e. The minimum atomic E-state index is -3.74. The first-order chi connectivity index (χ1) is 19.9. The van der Waals surface area contributed by atoms with Gasteiger partial charge in [-0.25, -0.2) is 8.42 Å². The molecular weight excluding hydrogens is 640 g/mol. The van der Waals surface area contributed by atoms with Crippen LogP contribution in [0.5, 0.6) is 0 Å². The van der Waals surface area contributed by atoms with Gasteiger partial charge in [0.25, 0.3) is 0 Å². The summed E-state index contributed by atoms with van der Waals surface area (Å²) in [6.07, 6.45) is 2.19. The van der Waals surface area contributed by atoms with Gasteiger partial charge in [-0.1, -0.05) is 89.7 Å². The van der Waals surface area contributed by atoms with Crippen LogP contribution in [0.3, 0.4) is 0 Å². The van der Waals surface area contributed by atoms with Crippen molar-refractivity contribution in [3.05, 3.63) is 97.9 Å². The van der Waals surface area contributed by atoms with Gasteiger partial charge in [-0.15, -0.1) is 0 Å². The van der Waals surface area contributed by atoms with Crippen LogP contribution in [0.4, 0.5) is 5.69 Å². The van der Waals surface area contributed by atoms with Crippen molar-refractivity contribution in [1.29, 1.82) is 0 Å². The van der Waals surface area contributed by atoms with Crippen LogP contribution in [-0.2, 0) is 32.6 Å². The van der Waals surface area contributed by atoms with E-state index in [1.807, 2.05) is 37.3 Å². The van der Waals surface area contributed by atoms with Crippen LogP contribution in [0.1, 0.15) is 37.3 Å². The number of anilines is 1. The number of benzene rings is 3. The zero-order valence-corrected chi connectivity index (χ0v) is 27.2. The van der Waals surface area contributed by atoms with Crippen LogP contribution in [-0.4, -0.2) is 50.5 Å². The molecule has 0 aliphatic rings. The fourth-order valence-electron chi connectivity index (χ4n) is 4.41. The van der Waals surface area contributed by atoms with Crippen molar-refractivity contribution in [3.8, 4) is 0 Å². The van der Waals surface area contributed by atoms with Gasteiger partial charge in [-0.2, -0.15) is 0 Å². The number of rotatable bonds is 14. The molecule has 0 fully saturated rings. The molecule has 0 aromatic heterocycles. The molecule has 0 saturated heterocycles. The van der Waals surface area contributed by atoms with E-state index in [9.17, 15) is 18.0 Å². The smallest absolute Gasteiger partial charge is 0.243 e. The summed E-state index contributed by atoms with van der Waals surface area (Å²) in [6, 6.07) is 18.1. The van der Waals surface area contributed by atoms with E-state index < -0.39 is 16.1 Å². The Morgan fingerprint density at radius 1 is 0.905 bits per heavy atom. The second kappa shape index (κ2) is 15.8. The van der Waals surface area contributed by atoms with Crippen LogP contribution >= 0.6 is 46.4 Å². The number of carbonyl (C=O) groups excluding carboxylic acids is 2. The first kappa shape index (κ1) is 34.0. The number of hydrogen-bond acceptors (Lipinski definition) is 4. The molecule has 2 amide bonds. The van der Waals surface area contributed by atoms with Crippen molar-refractivity contribution in [2.75, 3.05) is 23.7 Å². The lowest BCUT2D eigenvalue weighted by Gasteiger charge is -2.32. The van der Waals surface area contributed by atoms with E-state index in [0.717, 1.165) is 22.5 Å². The molecule has 1 atom stereocenters. The van der Waals surface area contributed by atoms with Gasteiger partial charge >= 0.3 is 0 Å². The van der Waals surface area contributed by atoms with Gasteiger partial charge in [0.2, 0.25) is 21.8 Å². The normalized spacial score (nSPS) is 12.0. The lowest BCUT2D eigenvalue weighted by molar-refractivity contribution is -0.141. The maximum absolute atomic E-state index is 13.9. The molecule has 0 saturated carbocycles. The van der Waals surface area contributed by atoms with E-state index >= 15 is 0 Å². The van der Waals surface area contributed by atoms with Gasteiger partial charge in [0.05, 0.1) is 17.0 Å². The molecule has 1 unspecified atom stereocenters. The van der Waals surface area contributed by atoms with Crippen molar-refractivity contribution >= 4 is 73.9 Å². The molecule has 1 N–H and O–H groups in total. The van der Waals surface area contributed by atoms with Crippen molar-refractivity contribution in [2.45, 2.75) is 45.2 Å². The van der Waals surface area contributed by atoms with E-state index in [1.54, 1.807) is 24.3 Å². The lowest BCUT2D eigenvalue weighted by atomic mass is 10.0. The molecule has 3 aromatic rings. The molecule has 0 bridgehead atoms. The van der Waals surface area contributed by atoms with Gasteiger partial charge in [-0.05, 0) is 54.3 Å². The predicted molar refractivity (Wildman–Crippen MR) is 172 cm³/mol. The summed E-state index contributed by atoms with van der Waals surface area (Å²) >= 11 is 25.0. The SMILES string of the molecule is CCCNC(=O)C(Cc1ccccc1)N(Cc1ccc(Cl)cc1Cl)C(=O)CCCN(c1cc(Cl)ccc1Cl)S(C)(=O)=O. The zero-order valence-electron chi connectivity index (χ0n) is 23.3. The van der Waals surface area contributed by atoms with E-state index in [4.69, 9.17) is 46.4 Å². The Hall–Kier alpha value is -2.49. The Morgan fingerprint density at radius 2 is 1.57 bits per heavy atom. The predicted octanol–water partition coefficient (Wildman–Crippen LogP) is 7.01. The van der Waals surface area contributed by atoms with Crippen LogP contribution in [0, 0.1) is 0 Å². The highest BCUT2D eigenvalue weighted by atomic mass is 35.5. The summed E-state index contributed by atoms with van der Waals surface area (Å²) < 4.78 is 26.5. The highest BCUT2D eigenvalue weighted by molar-refractivity contribution is 7.92. The van der Waals surface area contributed by atoms with Crippen molar-refractivity contribution in [1.82, 2.24) is 10.2 Å². The maximum atomic E-state index is 13.9. The molecule has 12 heteroatoms. The summed E-state index contributed by atoms with van der Waals surface area (Å²) in [5.41, 5.74) is 1.73. The molecule has 0 spiro atoms. The first-order valence-electron chi connectivity index (χ1n) is 13.4. The van der Waals surface area contributed by atoms with Gasteiger partial charge in [0.15, 0.2) is 0 Å². The molecule has 7 nitrogen and oxygen atoms in total. The second-order valence-corrected chi connectivity index (χ2v) is 13.4. The van der Waals surface area contributed by atoms with E-state index in [-0.39, 0.29) is 54.9 Å². The number of nitrogens with one attached hydrogen (secondary N) is 1. The van der Waals surface area contributed by atoms with E-state index in [2.05, 4.69) is 5.32 Å². The summed E-state index contributed by atoms with van der Waals surface area (Å²) in [4.78, 5) is 28.9. The van der Waals surface area contributed by atoms with Crippen molar-refractivity contribution in [2.24, 2.45) is 0 Å². The number of amides is 2. The van der Waals surface area contributed by atoms with Gasteiger partial charge in [0.1, 0.15) is 6.04 Å².